The topological polar surface area (TPSA) is 98.3 Å². The fraction of sp³-hybridized carbons (Fsp3) is 0.0769. The summed E-state index contributed by atoms with van der Waals surface area (Å²) < 4.78 is 0. The van der Waals surface area contributed by atoms with Crippen molar-refractivity contribution in [2.24, 2.45) is 0 Å². The molecule has 0 spiro atoms. The lowest BCUT2D eigenvalue weighted by atomic mass is 10.2. The van der Waals surface area contributed by atoms with Gasteiger partial charge in [0.1, 0.15) is 5.75 Å². The predicted octanol–water partition coefficient (Wildman–Crippen LogP) is 2.13. The molecule has 0 aliphatic rings. The van der Waals surface area contributed by atoms with Gasteiger partial charge >= 0.3 is 0 Å². The first-order chi connectivity index (χ1) is 7.99. The van der Waals surface area contributed by atoms with Crippen molar-refractivity contribution in [3.05, 3.63) is 48.0 Å². The Hall–Kier alpha value is -2.36. The molecule has 0 unspecified atom stereocenters. The van der Waals surface area contributed by atoms with Crippen LogP contribution in [0.5, 0.6) is 5.75 Å². The molecule has 0 atom stereocenters. The standard InChI is InChI=1S/C7H10N2.C6H7NO/c1-5-2-3-6(8)4-7(5)9;7-5-1-3-6(8)4-2-5/h2-4H,8-9H2,1H3;1-4,8H,7H2. The average Bonchev–Trinajstić information content (AvgIpc) is 2.29. The second kappa shape index (κ2) is 5.65. The Balaban J connectivity index is 0.000000171. The number of nitrogen functional groups attached to an aromatic ring is 3. The van der Waals surface area contributed by atoms with Crippen molar-refractivity contribution in [3.8, 4) is 5.75 Å². The predicted molar refractivity (Wildman–Crippen MR) is 72.5 cm³/mol. The number of aromatic hydroxyl groups is 1. The van der Waals surface area contributed by atoms with E-state index in [1.807, 2.05) is 19.1 Å². The molecule has 0 aliphatic carbocycles. The third-order valence-electron chi connectivity index (χ3n) is 2.20. The summed E-state index contributed by atoms with van der Waals surface area (Å²) in [5.41, 5.74) is 19.5. The molecule has 7 N–H and O–H groups in total. The zero-order valence-corrected chi connectivity index (χ0v) is 9.72. The van der Waals surface area contributed by atoms with Crippen LogP contribution >= 0.6 is 0 Å². The van der Waals surface area contributed by atoms with Gasteiger partial charge in [0.25, 0.3) is 0 Å². The van der Waals surface area contributed by atoms with Crippen LogP contribution in [0.2, 0.25) is 0 Å². The van der Waals surface area contributed by atoms with Gasteiger partial charge in [0.05, 0.1) is 0 Å². The number of hydrogen-bond acceptors (Lipinski definition) is 4. The van der Waals surface area contributed by atoms with Gasteiger partial charge in [-0.3, -0.25) is 0 Å². The number of anilines is 3. The van der Waals surface area contributed by atoms with E-state index in [9.17, 15) is 0 Å². The fourth-order valence-corrected chi connectivity index (χ4v) is 1.13. The number of benzene rings is 2. The van der Waals surface area contributed by atoms with Gasteiger partial charge < -0.3 is 22.3 Å². The van der Waals surface area contributed by atoms with E-state index in [2.05, 4.69) is 0 Å². The number of nitrogens with two attached hydrogens (primary N) is 3. The van der Waals surface area contributed by atoms with Gasteiger partial charge in [-0.1, -0.05) is 6.07 Å². The molecule has 0 saturated carbocycles. The Morgan fingerprint density at radius 3 is 1.76 bits per heavy atom. The second-order valence-electron chi connectivity index (χ2n) is 3.71. The molecule has 0 aromatic heterocycles. The van der Waals surface area contributed by atoms with E-state index in [1.165, 1.54) is 0 Å². The summed E-state index contributed by atoms with van der Waals surface area (Å²) >= 11 is 0. The van der Waals surface area contributed by atoms with Gasteiger partial charge in [-0.2, -0.15) is 0 Å². The summed E-state index contributed by atoms with van der Waals surface area (Å²) in [6, 6.07) is 11.9. The van der Waals surface area contributed by atoms with E-state index in [1.54, 1.807) is 30.3 Å². The fourth-order valence-electron chi connectivity index (χ4n) is 1.13. The Bertz CT molecular complexity index is 460. The lowest BCUT2D eigenvalue weighted by Gasteiger charge is -1.98. The SMILES string of the molecule is Cc1ccc(N)cc1N.Nc1ccc(O)cc1. The summed E-state index contributed by atoms with van der Waals surface area (Å²) in [5.74, 6) is 0.249. The van der Waals surface area contributed by atoms with Crippen LogP contribution in [0.1, 0.15) is 5.56 Å². The van der Waals surface area contributed by atoms with Gasteiger partial charge in [-0.25, -0.2) is 0 Å². The molecule has 0 fully saturated rings. The van der Waals surface area contributed by atoms with Gasteiger partial charge in [-0.05, 0) is 48.9 Å². The molecule has 0 aliphatic heterocycles. The first-order valence-electron chi connectivity index (χ1n) is 5.15. The molecule has 90 valence electrons. The number of phenolic OH excluding ortho intramolecular Hbond substituents is 1. The van der Waals surface area contributed by atoms with Crippen LogP contribution < -0.4 is 17.2 Å². The molecule has 2 aromatic rings. The zero-order chi connectivity index (χ0) is 12.8. The molecular formula is C13H17N3O. The maximum Gasteiger partial charge on any atom is 0.115 e. The minimum atomic E-state index is 0.249. The summed E-state index contributed by atoms with van der Waals surface area (Å²) in [4.78, 5) is 0. The van der Waals surface area contributed by atoms with Crippen LogP contribution in [0, 0.1) is 6.92 Å². The molecule has 0 bridgehead atoms. The highest BCUT2D eigenvalue weighted by atomic mass is 16.3. The van der Waals surface area contributed by atoms with Crippen molar-refractivity contribution in [3.63, 3.8) is 0 Å². The van der Waals surface area contributed by atoms with E-state index < -0.39 is 0 Å². The Kier molecular flexibility index (Phi) is 4.22. The smallest absolute Gasteiger partial charge is 0.115 e. The van der Waals surface area contributed by atoms with Crippen LogP contribution in [0.15, 0.2) is 42.5 Å². The highest BCUT2D eigenvalue weighted by Gasteiger charge is 1.90. The lowest BCUT2D eigenvalue weighted by molar-refractivity contribution is 0.475. The molecule has 0 saturated heterocycles. The average molecular weight is 231 g/mol. The zero-order valence-electron chi connectivity index (χ0n) is 9.72. The molecule has 4 heteroatoms. The molecule has 2 rings (SSSR count). The molecule has 17 heavy (non-hydrogen) atoms. The molecule has 2 aromatic carbocycles. The lowest BCUT2D eigenvalue weighted by Crippen LogP contribution is -1.91. The molecule has 0 heterocycles. The minimum Gasteiger partial charge on any atom is -0.508 e. The highest BCUT2D eigenvalue weighted by Crippen LogP contribution is 2.13. The van der Waals surface area contributed by atoms with E-state index in [0.29, 0.717) is 5.69 Å². The van der Waals surface area contributed by atoms with Crippen LogP contribution in [0.25, 0.3) is 0 Å². The molecule has 0 amide bonds. The number of hydrogen-bond donors (Lipinski definition) is 4. The summed E-state index contributed by atoms with van der Waals surface area (Å²) in [6.45, 7) is 1.95. The van der Waals surface area contributed by atoms with Gasteiger partial charge in [-0.15, -0.1) is 0 Å². The molecule has 0 radical (unpaired) electrons. The van der Waals surface area contributed by atoms with Gasteiger partial charge in [0.15, 0.2) is 0 Å². The Morgan fingerprint density at radius 2 is 1.35 bits per heavy atom. The number of aryl methyl sites for hydroxylation is 1. The second-order valence-corrected chi connectivity index (χ2v) is 3.71. The Labute approximate surface area is 101 Å². The monoisotopic (exact) mass is 231 g/mol. The minimum absolute atomic E-state index is 0.249. The first-order valence-corrected chi connectivity index (χ1v) is 5.15. The summed E-state index contributed by atoms with van der Waals surface area (Å²) in [5, 5.41) is 8.70. The highest BCUT2D eigenvalue weighted by molar-refractivity contribution is 5.55. The third-order valence-corrected chi connectivity index (χ3v) is 2.20. The number of rotatable bonds is 0. The maximum atomic E-state index is 8.70. The van der Waals surface area contributed by atoms with Crippen molar-refractivity contribution in [2.45, 2.75) is 6.92 Å². The van der Waals surface area contributed by atoms with Crippen LogP contribution in [0.4, 0.5) is 17.1 Å². The van der Waals surface area contributed by atoms with Crippen molar-refractivity contribution < 1.29 is 5.11 Å². The van der Waals surface area contributed by atoms with E-state index >= 15 is 0 Å². The quantitative estimate of drug-likeness (QED) is 0.412. The molecular weight excluding hydrogens is 214 g/mol. The van der Waals surface area contributed by atoms with Crippen LogP contribution in [0.3, 0.4) is 0 Å². The summed E-state index contributed by atoms with van der Waals surface area (Å²) in [6.07, 6.45) is 0. The van der Waals surface area contributed by atoms with Crippen molar-refractivity contribution in [1.29, 1.82) is 0 Å². The van der Waals surface area contributed by atoms with Crippen LogP contribution in [-0.2, 0) is 0 Å². The summed E-state index contributed by atoms with van der Waals surface area (Å²) in [7, 11) is 0. The van der Waals surface area contributed by atoms with E-state index in [4.69, 9.17) is 22.3 Å². The van der Waals surface area contributed by atoms with Crippen LogP contribution in [-0.4, -0.2) is 5.11 Å². The van der Waals surface area contributed by atoms with Gasteiger partial charge in [0.2, 0.25) is 0 Å². The third kappa shape index (κ3) is 4.34. The van der Waals surface area contributed by atoms with Crippen molar-refractivity contribution in [1.82, 2.24) is 0 Å². The molecule has 4 nitrogen and oxygen atoms in total. The number of phenols is 1. The first kappa shape index (κ1) is 12.7. The van der Waals surface area contributed by atoms with Gasteiger partial charge in [0, 0.05) is 17.1 Å². The van der Waals surface area contributed by atoms with E-state index in [-0.39, 0.29) is 5.75 Å². The Morgan fingerprint density at radius 1 is 0.824 bits per heavy atom. The normalized spacial score (nSPS) is 9.24. The van der Waals surface area contributed by atoms with E-state index in [0.717, 1.165) is 16.9 Å². The largest absolute Gasteiger partial charge is 0.508 e. The van der Waals surface area contributed by atoms with Crippen molar-refractivity contribution in [2.75, 3.05) is 17.2 Å². The van der Waals surface area contributed by atoms with Crippen molar-refractivity contribution >= 4 is 17.1 Å². The maximum absolute atomic E-state index is 8.70.